The standard InChI is InChI=1S/C13H19FN4O/c14-11-2-1-5-16-12(11)8-17-13(19)10-3-6-18(9-10)7-4-15/h1-2,5,10H,3-4,6-9,15H2,(H,17,19)/t10-/m0/s1. The summed E-state index contributed by atoms with van der Waals surface area (Å²) in [5, 5.41) is 2.75. The monoisotopic (exact) mass is 266 g/mol. The molecule has 2 heterocycles. The maximum absolute atomic E-state index is 13.3. The minimum Gasteiger partial charge on any atom is -0.350 e. The number of nitrogens with two attached hydrogens (primary N) is 1. The molecule has 0 aliphatic carbocycles. The van der Waals surface area contributed by atoms with E-state index >= 15 is 0 Å². The van der Waals surface area contributed by atoms with E-state index in [0.29, 0.717) is 6.54 Å². The van der Waals surface area contributed by atoms with Crippen molar-refractivity contribution in [1.82, 2.24) is 15.2 Å². The molecule has 0 aromatic carbocycles. The second-order valence-electron chi connectivity index (χ2n) is 4.72. The Morgan fingerprint density at radius 2 is 2.47 bits per heavy atom. The number of hydrogen-bond donors (Lipinski definition) is 2. The first-order chi connectivity index (χ1) is 9.20. The predicted molar refractivity (Wildman–Crippen MR) is 69.6 cm³/mol. The first kappa shape index (κ1) is 13.9. The van der Waals surface area contributed by atoms with Crippen LogP contribution in [0.1, 0.15) is 12.1 Å². The number of halogens is 1. The molecule has 0 saturated carbocycles. The Bertz CT molecular complexity index is 440. The Morgan fingerprint density at radius 1 is 1.63 bits per heavy atom. The smallest absolute Gasteiger partial charge is 0.224 e. The third-order valence-electron chi connectivity index (χ3n) is 3.35. The van der Waals surface area contributed by atoms with E-state index in [2.05, 4.69) is 15.2 Å². The molecular weight excluding hydrogens is 247 g/mol. The van der Waals surface area contributed by atoms with Crippen LogP contribution in [0, 0.1) is 11.7 Å². The van der Waals surface area contributed by atoms with E-state index in [4.69, 9.17) is 5.73 Å². The second kappa shape index (κ2) is 6.58. The fourth-order valence-corrected chi connectivity index (χ4v) is 2.30. The van der Waals surface area contributed by atoms with Gasteiger partial charge in [0.15, 0.2) is 0 Å². The summed E-state index contributed by atoms with van der Waals surface area (Å²) in [5.41, 5.74) is 5.76. The van der Waals surface area contributed by atoms with Crippen molar-refractivity contribution in [3.05, 3.63) is 29.8 Å². The summed E-state index contributed by atoms with van der Waals surface area (Å²) in [6.45, 7) is 3.19. The fourth-order valence-electron chi connectivity index (χ4n) is 2.30. The van der Waals surface area contributed by atoms with Crippen LogP contribution in [0.25, 0.3) is 0 Å². The van der Waals surface area contributed by atoms with Gasteiger partial charge in [0.2, 0.25) is 5.91 Å². The van der Waals surface area contributed by atoms with Crippen LogP contribution in [0.5, 0.6) is 0 Å². The highest BCUT2D eigenvalue weighted by molar-refractivity contribution is 5.79. The van der Waals surface area contributed by atoms with Crippen molar-refractivity contribution >= 4 is 5.91 Å². The Morgan fingerprint density at radius 3 is 3.21 bits per heavy atom. The number of nitrogens with one attached hydrogen (secondary N) is 1. The molecule has 6 heteroatoms. The van der Waals surface area contributed by atoms with Crippen molar-refractivity contribution in [1.29, 1.82) is 0 Å². The van der Waals surface area contributed by atoms with E-state index in [1.165, 1.54) is 18.3 Å². The molecule has 1 amide bonds. The maximum Gasteiger partial charge on any atom is 0.224 e. The topological polar surface area (TPSA) is 71.2 Å². The molecule has 1 atom stereocenters. The summed E-state index contributed by atoms with van der Waals surface area (Å²) >= 11 is 0. The largest absolute Gasteiger partial charge is 0.350 e. The molecule has 0 unspecified atom stereocenters. The van der Waals surface area contributed by atoms with E-state index in [0.717, 1.165) is 26.1 Å². The lowest BCUT2D eigenvalue weighted by Crippen LogP contribution is -2.34. The van der Waals surface area contributed by atoms with Gasteiger partial charge in [-0.1, -0.05) is 0 Å². The number of amides is 1. The van der Waals surface area contributed by atoms with Gasteiger partial charge in [0.05, 0.1) is 18.2 Å². The molecule has 2 rings (SSSR count). The minimum absolute atomic E-state index is 0.0293. The lowest BCUT2D eigenvalue weighted by Gasteiger charge is -2.14. The predicted octanol–water partition coefficient (Wildman–Crippen LogP) is 0.118. The van der Waals surface area contributed by atoms with Gasteiger partial charge in [-0.3, -0.25) is 9.78 Å². The highest BCUT2D eigenvalue weighted by atomic mass is 19.1. The summed E-state index contributed by atoms with van der Waals surface area (Å²) in [6.07, 6.45) is 2.35. The number of carbonyl (C=O) groups is 1. The van der Waals surface area contributed by atoms with Crippen molar-refractivity contribution in [2.75, 3.05) is 26.2 Å². The van der Waals surface area contributed by atoms with E-state index in [-0.39, 0.29) is 29.9 Å². The van der Waals surface area contributed by atoms with Gasteiger partial charge in [-0.2, -0.15) is 0 Å². The minimum atomic E-state index is -0.390. The molecule has 1 aromatic rings. The van der Waals surface area contributed by atoms with E-state index < -0.39 is 0 Å². The SMILES string of the molecule is NCCN1CC[C@H](C(=O)NCc2ncccc2F)C1. The third kappa shape index (κ3) is 3.71. The molecule has 1 aliphatic rings. The maximum atomic E-state index is 13.3. The van der Waals surface area contributed by atoms with Gasteiger partial charge >= 0.3 is 0 Å². The van der Waals surface area contributed by atoms with Gasteiger partial charge in [0.25, 0.3) is 0 Å². The zero-order valence-electron chi connectivity index (χ0n) is 10.8. The van der Waals surface area contributed by atoms with Gasteiger partial charge in [-0.15, -0.1) is 0 Å². The summed E-state index contributed by atoms with van der Waals surface area (Å²) in [6, 6.07) is 2.87. The van der Waals surface area contributed by atoms with Crippen molar-refractivity contribution in [3.8, 4) is 0 Å². The molecular formula is C13H19FN4O. The normalized spacial score (nSPS) is 19.6. The number of hydrogen-bond acceptors (Lipinski definition) is 4. The molecule has 19 heavy (non-hydrogen) atoms. The van der Waals surface area contributed by atoms with Crippen molar-refractivity contribution in [2.24, 2.45) is 11.7 Å². The molecule has 5 nitrogen and oxygen atoms in total. The van der Waals surface area contributed by atoms with Gasteiger partial charge < -0.3 is 16.0 Å². The lowest BCUT2D eigenvalue weighted by molar-refractivity contribution is -0.124. The molecule has 0 radical (unpaired) electrons. The molecule has 1 aliphatic heterocycles. The van der Waals surface area contributed by atoms with Crippen LogP contribution in [0.3, 0.4) is 0 Å². The van der Waals surface area contributed by atoms with Crippen molar-refractivity contribution < 1.29 is 9.18 Å². The molecule has 1 fully saturated rings. The molecule has 0 bridgehead atoms. The average molecular weight is 266 g/mol. The van der Waals surface area contributed by atoms with Crippen LogP contribution >= 0.6 is 0 Å². The Labute approximate surface area is 112 Å². The van der Waals surface area contributed by atoms with Gasteiger partial charge in [-0.25, -0.2) is 4.39 Å². The summed E-state index contributed by atoms with van der Waals surface area (Å²) in [5.74, 6) is -0.457. The molecule has 3 N–H and O–H groups in total. The summed E-state index contributed by atoms with van der Waals surface area (Å²) in [4.78, 5) is 18.0. The molecule has 104 valence electrons. The second-order valence-corrected chi connectivity index (χ2v) is 4.72. The fraction of sp³-hybridized carbons (Fsp3) is 0.538. The first-order valence-electron chi connectivity index (χ1n) is 6.50. The van der Waals surface area contributed by atoms with E-state index in [9.17, 15) is 9.18 Å². The van der Waals surface area contributed by atoms with Crippen LogP contribution in [0.4, 0.5) is 4.39 Å². The van der Waals surface area contributed by atoms with E-state index in [1.54, 1.807) is 0 Å². The van der Waals surface area contributed by atoms with Crippen LogP contribution in [0.2, 0.25) is 0 Å². The van der Waals surface area contributed by atoms with Crippen molar-refractivity contribution in [2.45, 2.75) is 13.0 Å². The Balaban J connectivity index is 1.81. The van der Waals surface area contributed by atoms with Crippen LogP contribution in [0.15, 0.2) is 18.3 Å². The number of rotatable bonds is 5. The third-order valence-corrected chi connectivity index (χ3v) is 3.35. The van der Waals surface area contributed by atoms with E-state index in [1.807, 2.05) is 0 Å². The Hall–Kier alpha value is -1.53. The van der Waals surface area contributed by atoms with Gasteiger partial charge in [0, 0.05) is 25.8 Å². The Kier molecular flexibility index (Phi) is 4.81. The molecule has 1 saturated heterocycles. The highest BCUT2D eigenvalue weighted by Crippen LogP contribution is 2.15. The number of aromatic nitrogens is 1. The molecule has 1 aromatic heterocycles. The number of nitrogens with zero attached hydrogens (tertiary/aromatic N) is 2. The summed E-state index contributed by atoms with van der Waals surface area (Å²) < 4.78 is 13.3. The van der Waals surface area contributed by atoms with Crippen molar-refractivity contribution in [3.63, 3.8) is 0 Å². The zero-order chi connectivity index (χ0) is 13.7. The summed E-state index contributed by atoms with van der Waals surface area (Å²) in [7, 11) is 0. The number of pyridine rings is 1. The lowest BCUT2D eigenvalue weighted by atomic mass is 10.1. The average Bonchev–Trinajstić information content (AvgIpc) is 2.87. The first-order valence-corrected chi connectivity index (χ1v) is 6.50. The highest BCUT2D eigenvalue weighted by Gasteiger charge is 2.27. The van der Waals surface area contributed by atoms with Crippen LogP contribution in [-0.4, -0.2) is 42.0 Å². The number of likely N-dealkylation sites (tertiary alicyclic amines) is 1. The van der Waals surface area contributed by atoms with Gasteiger partial charge in [0.1, 0.15) is 5.82 Å². The van der Waals surface area contributed by atoms with Gasteiger partial charge in [-0.05, 0) is 25.1 Å². The number of carbonyl (C=O) groups excluding carboxylic acids is 1. The van der Waals surface area contributed by atoms with Crippen LogP contribution < -0.4 is 11.1 Å². The zero-order valence-corrected chi connectivity index (χ0v) is 10.8. The quantitative estimate of drug-likeness (QED) is 0.794. The van der Waals surface area contributed by atoms with Crippen LogP contribution in [-0.2, 0) is 11.3 Å². The molecule has 0 spiro atoms.